The number of rotatable bonds is 5. The van der Waals surface area contributed by atoms with Crippen molar-refractivity contribution in [1.82, 2.24) is 5.32 Å². The van der Waals surface area contributed by atoms with Gasteiger partial charge >= 0.3 is 0 Å². The Bertz CT molecular complexity index is 957. The molecule has 6 nitrogen and oxygen atoms in total. The Kier molecular flexibility index (Phi) is 5.94. The lowest BCUT2D eigenvalue weighted by atomic mass is 10.1. The van der Waals surface area contributed by atoms with E-state index >= 15 is 0 Å². The van der Waals surface area contributed by atoms with Crippen LogP contribution in [0.2, 0.25) is 0 Å². The van der Waals surface area contributed by atoms with Crippen molar-refractivity contribution in [3.8, 4) is 17.2 Å². The predicted molar refractivity (Wildman–Crippen MR) is 113 cm³/mol. The molecule has 0 radical (unpaired) electrons. The Morgan fingerprint density at radius 2 is 1.68 bits per heavy atom. The van der Waals surface area contributed by atoms with Crippen LogP contribution in [0.5, 0.6) is 17.2 Å². The largest absolute Gasteiger partial charge is 0.493 e. The van der Waals surface area contributed by atoms with Crippen LogP contribution >= 0.6 is 11.8 Å². The van der Waals surface area contributed by atoms with E-state index in [0.29, 0.717) is 27.3 Å². The second-order valence-electron chi connectivity index (χ2n) is 6.23. The van der Waals surface area contributed by atoms with Crippen molar-refractivity contribution in [2.45, 2.75) is 13.8 Å². The zero-order valence-electron chi connectivity index (χ0n) is 16.5. The maximum Gasteiger partial charge on any atom is 0.264 e. The van der Waals surface area contributed by atoms with Crippen LogP contribution in [0.15, 0.2) is 40.2 Å². The van der Waals surface area contributed by atoms with E-state index in [0.717, 1.165) is 16.8 Å². The lowest BCUT2D eigenvalue weighted by molar-refractivity contribution is -0.115. The first-order valence-corrected chi connectivity index (χ1v) is 9.43. The van der Waals surface area contributed by atoms with E-state index in [1.807, 2.05) is 26.0 Å². The van der Waals surface area contributed by atoms with Crippen LogP contribution in [-0.2, 0) is 4.79 Å². The summed E-state index contributed by atoms with van der Waals surface area (Å²) in [6, 6.07) is 9.60. The molecule has 1 N–H and O–H groups in total. The topological polar surface area (TPSA) is 69.2 Å². The molecule has 1 fully saturated rings. The van der Waals surface area contributed by atoms with Gasteiger partial charge in [0.1, 0.15) is 0 Å². The number of methoxy groups -OCH3 is 3. The van der Waals surface area contributed by atoms with E-state index in [2.05, 4.69) is 16.4 Å². The maximum absolute atomic E-state index is 12.4. The smallest absolute Gasteiger partial charge is 0.264 e. The van der Waals surface area contributed by atoms with Crippen molar-refractivity contribution in [1.29, 1.82) is 0 Å². The van der Waals surface area contributed by atoms with Gasteiger partial charge in [-0.25, -0.2) is 4.99 Å². The molecule has 1 aliphatic heterocycles. The highest BCUT2D eigenvalue weighted by atomic mass is 32.2. The quantitative estimate of drug-likeness (QED) is 0.764. The van der Waals surface area contributed by atoms with Gasteiger partial charge in [-0.1, -0.05) is 17.7 Å². The number of nitrogens with zero attached hydrogens (tertiary/aromatic N) is 1. The molecule has 1 heterocycles. The van der Waals surface area contributed by atoms with Gasteiger partial charge in [0.25, 0.3) is 5.91 Å². The Balaban J connectivity index is 1.91. The summed E-state index contributed by atoms with van der Waals surface area (Å²) in [6.07, 6.45) is 1.77. The van der Waals surface area contributed by atoms with E-state index < -0.39 is 0 Å². The second kappa shape index (κ2) is 8.39. The molecule has 0 aliphatic carbocycles. The fourth-order valence-corrected chi connectivity index (χ4v) is 3.69. The number of amides is 1. The first-order chi connectivity index (χ1) is 13.4. The maximum atomic E-state index is 12.4. The molecule has 1 aliphatic rings. The molecule has 1 saturated heterocycles. The molecular weight excluding hydrogens is 376 g/mol. The summed E-state index contributed by atoms with van der Waals surface area (Å²) in [4.78, 5) is 17.5. The highest BCUT2D eigenvalue weighted by molar-refractivity contribution is 8.18. The van der Waals surface area contributed by atoms with E-state index in [1.165, 1.54) is 17.3 Å². The minimum Gasteiger partial charge on any atom is -0.493 e. The fourth-order valence-electron chi connectivity index (χ4n) is 2.86. The van der Waals surface area contributed by atoms with Gasteiger partial charge < -0.3 is 19.5 Å². The Hall–Kier alpha value is -2.93. The summed E-state index contributed by atoms with van der Waals surface area (Å²) in [5, 5.41) is 3.36. The number of aryl methyl sites for hydroxylation is 2. The zero-order valence-corrected chi connectivity index (χ0v) is 17.3. The summed E-state index contributed by atoms with van der Waals surface area (Å²) in [5.41, 5.74) is 3.83. The van der Waals surface area contributed by atoms with Crippen molar-refractivity contribution in [3.05, 3.63) is 51.9 Å². The number of amidine groups is 1. The Morgan fingerprint density at radius 1 is 1.00 bits per heavy atom. The van der Waals surface area contributed by atoms with Crippen LogP contribution in [0.1, 0.15) is 16.7 Å². The SMILES string of the molecule is COc1cc(C=C2SC(=Nc3ccc(C)cc3C)NC2=O)cc(OC)c1OC. The number of nitrogens with one attached hydrogen (secondary N) is 1. The molecule has 0 bridgehead atoms. The second-order valence-corrected chi connectivity index (χ2v) is 7.26. The lowest BCUT2D eigenvalue weighted by Gasteiger charge is -2.12. The third-order valence-corrected chi connectivity index (χ3v) is 5.12. The van der Waals surface area contributed by atoms with E-state index in [-0.39, 0.29) is 5.91 Å². The summed E-state index contributed by atoms with van der Waals surface area (Å²) in [5.74, 6) is 1.37. The molecule has 2 aromatic carbocycles. The van der Waals surface area contributed by atoms with Crippen LogP contribution in [0, 0.1) is 13.8 Å². The number of carbonyl (C=O) groups excluding carboxylic acids is 1. The van der Waals surface area contributed by atoms with Gasteiger partial charge in [0.15, 0.2) is 16.7 Å². The highest BCUT2D eigenvalue weighted by Crippen LogP contribution is 2.39. The predicted octanol–water partition coefficient (Wildman–Crippen LogP) is 4.22. The molecule has 146 valence electrons. The molecule has 2 aromatic rings. The average molecular weight is 398 g/mol. The minimum atomic E-state index is -0.192. The van der Waals surface area contributed by atoms with Crippen molar-refractivity contribution in [3.63, 3.8) is 0 Å². The van der Waals surface area contributed by atoms with Crippen molar-refractivity contribution in [2.75, 3.05) is 21.3 Å². The van der Waals surface area contributed by atoms with Gasteiger partial charge in [-0.15, -0.1) is 0 Å². The summed E-state index contributed by atoms with van der Waals surface area (Å²) >= 11 is 1.30. The number of thioether (sulfide) groups is 1. The lowest BCUT2D eigenvalue weighted by Crippen LogP contribution is -2.19. The molecule has 0 aromatic heterocycles. The molecule has 28 heavy (non-hydrogen) atoms. The molecule has 0 unspecified atom stereocenters. The van der Waals surface area contributed by atoms with E-state index in [4.69, 9.17) is 14.2 Å². The third-order valence-electron chi connectivity index (χ3n) is 4.21. The van der Waals surface area contributed by atoms with Gasteiger partial charge in [-0.3, -0.25) is 4.79 Å². The number of ether oxygens (including phenoxy) is 3. The van der Waals surface area contributed by atoms with Crippen LogP contribution in [0.25, 0.3) is 6.08 Å². The first-order valence-electron chi connectivity index (χ1n) is 8.62. The number of benzene rings is 2. The van der Waals surface area contributed by atoms with Crippen LogP contribution in [-0.4, -0.2) is 32.4 Å². The number of hydrogen-bond donors (Lipinski definition) is 1. The summed E-state index contributed by atoms with van der Waals surface area (Å²) in [6.45, 7) is 4.04. The monoisotopic (exact) mass is 398 g/mol. The van der Waals surface area contributed by atoms with E-state index in [9.17, 15) is 4.79 Å². The molecule has 1 amide bonds. The number of carbonyl (C=O) groups is 1. The number of hydrogen-bond acceptors (Lipinski definition) is 6. The molecule has 7 heteroatoms. The van der Waals surface area contributed by atoms with Gasteiger partial charge in [-0.2, -0.15) is 0 Å². The van der Waals surface area contributed by atoms with Crippen LogP contribution in [0.3, 0.4) is 0 Å². The average Bonchev–Trinajstić information content (AvgIpc) is 3.02. The fraction of sp³-hybridized carbons (Fsp3) is 0.238. The van der Waals surface area contributed by atoms with Crippen molar-refractivity contribution < 1.29 is 19.0 Å². The van der Waals surface area contributed by atoms with Crippen molar-refractivity contribution in [2.24, 2.45) is 4.99 Å². The van der Waals surface area contributed by atoms with Crippen LogP contribution < -0.4 is 19.5 Å². The summed E-state index contributed by atoms with van der Waals surface area (Å²) in [7, 11) is 4.66. The summed E-state index contributed by atoms with van der Waals surface area (Å²) < 4.78 is 16.1. The third kappa shape index (κ3) is 4.14. The molecule has 0 spiro atoms. The zero-order chi connectivity index (χ0) is 20.3. The highest BCUT2D eigenvalue weighted by Gasteiger charge is 2.24. The Morgan fingerprint density at radius 3 is 2.25 bits per heavy atom. The number of aliphatic imine (C=N–C) groups is 1. The van der Waals surface area contributed by atoms with Gasteiger partial charge in [0, 0.05) is 0 Å². The Labute approximate surface area is 168 Å². The minimum absolute atomic E-state index is 0.192. The van der Waals surface area contributed by atoms with Gasteiger partial charge in [0.05, 0.1) is 31.9 Å². The normalized spacial score (nSPS) is 16.4. The van der Waals surface area contributed by atoms with Gasteiger partial charge in [-0.05, 0) is 61.0 Å². The molecule has 0 atom stereocenters. The van der Waals surface area contributed by atoms with E-state index in [1.54, 1.807) is 39.5 Å². The molecule has 3 rings (SSSR count). The van der Waals surface area contributed by atoms with Crippen LogP contribution in [0.4, 0.5) is 5.69 Å². The van der Waals surface area contributed by atoms with Crippen molar-refractivity contribution >= 4 is 34.6 Å². The first kappa shape index (κ1) is 19.8. The molecular formula is C21H22N2O4S. The standard InChI is InChI=1S/C21H22N2O4S/c1-12-6-7-15(13(2)8-12)22-21-23-20(24)18(28-21)11-14-9-16(25-3)19(27-5)17(10-14)26-4/h6-11H,1-5H3,(H,22,23,24). The van der Waals surface area contributed by atoms with Gasteiger partial charge in [0.2, 0.25) is 5.75 Å². The molecule has 0 saturated carbocycles.